The summed E-state index contributed by atoms with van der Waals surface area (Å²) in [5.41, 5.74) is 5.94. The fourth-order valence-electron chi connectivity index (χ4n) is 2.66. The van der Waals surface area contributed by atoms with Crippen molar-refractivity contribution in [1.29, 1.82) is 0 Å². The average molecular weight is 317 g/mol. The SMILES string of the molecule is Cc1ccc(-n2c(-c3nccs3)nnc2C2CC(N)C2)s1. The summed E-state index contributed by atoms with van der Waals surface area (Å²) < 4.78 is 2.16. The monoisotopic (exact) mass is 317 g/mol. The summed E-state index contributed by atoms with van der Waals surface area (Å²) in [7, 11) is 0. The van der Waals surface area contributed by atoms with Gasteiger partial charge in [0.15, 0.2) is 10.8 Å². The van der Waals surface area contributed by atoms with Crippen LogP contribution in [-0.2, 0) is 0 Å². The molecule has 3 aromatic heterocycles. The van der Waals surface area contributed by atoms with E-state index < -0.39 is 0 Å². The van der Waals surface area contributed by atoms with Gasteiger partial charge >= 0.3 is 0 Å². The Bertz CT molecular complexity index is 752. The van der Waals surface area contributed by atoms with E-state index in [9.17, 15) is 0 Å². The minimum absolute atomic E-state index is 0.300. The average Bonchev–Trinajstić information content (AvgIpc) is 3.13. The molecule has 0 unspecified atom stereocenters. The largest absolute Gasteiger partial charge is 0.328 e. The van der Waals surface area contributed by atoms with Crippen LogP contribution in [0.4, 0.5) is 0 Å². The van der Waals surface area contributed by atoms with Crippen molar-refractivity contribution in [2.75, 3.05) is 0 Å². The molecule has 108 valence electrons. The van der Waals surface area contributed by atoms with Crippen molar-refractivity contribution in [3.05, 3.63) is 34.4 Å². The van der Waals surface area contributed by atoms with E-state index in [1.54, 1.807) is 28.9 Å². The molecular weight excluding hydrogens is 302 g/mol. The van der Waals surface area contributed by atoms with Gasteiger partial charge in [0.2, 0.25) is 0 Å². The Morgan fingerprint density at radius 3 is 2.76 bits per heavy atom. The van der Waals surface area contributed by atoms with E-state index in [0.29, 0.717) is 12.0 Å². The molecule has 7 heteroatoms. The van der Waals surface area contributed by atoms with Crippen LogP contribution in [0.5, 0.6) is 0 Å². The molecular formula is C14H15N5S2. The first-order valence-electron chi connectivity index (χ1n) is 6.90. The molecule has 2 N–H and O–H groups in total. The standard InChI is InChI=1S/C14H15N5S2/c1-8-2-3-11(21-8)19-12(9-6-10(15)7-9)17-18-13(19)14-16-4-5-20-14/h2-5,9-10H,6-7,15H2,1H3. The normalized spacial score (nSPS) is 21.4. The van der Waals surface area contributed by atoms with Gasteiger partial charge in [-0.2, -0.15) is 0 Å². The third-order valence-electron chi connectivity index (χ3n) is 3.80. The van der Waals surface area contributed by atoms with Gasteiger partial charge in [0.25, 0.3) is 0 Å². The first kappa shape index (κ1) is 13.1. The maximum absolute atomic E-state index is 5.94. The van der Waals surface area contributed by atoms with Crippen molar-refractivity contribution in [1.82, 2.24) is 19.7 Å². The maximum atomic E-state index is 5.94. The highest BCUT2D eigenvalue weighted by Gasteiger charge is 2.33. The van der Waals surface area contributed by atoms with Crippen LogP contribution in [0.2, 0.25) is 0 Å². The molecule has 0 saturated heterocycles. The minimum Gasteiger partial charge on any atom is -0.328 e. The summed E-state index contributed by atoms with van der Waals surface area (Å²) in [4.78, 5) is 5.66. The summed E-state index contributed by atoms with van der Waals surface area (Å²) in [5, 5.41) is 12.9. The van der Waals surface area contributed by atoms with E-state index >= 15 is 0 Å². The second-order valence-corrected chi connectivity index (χ2v) is 7.53. The van der Waals surface area contributed by atoms with Crippen LogP contribution >= 0.6 is 22.7 Å². The second-order valence-electron chi connectivity index (χ2n) is 5.37. The number of nitrogens with two attached hydrogens (primary N) is 1. The fourth-order valence-corrected chi connectivity index (χ4v) is 4.15. The number of aryl methyl sites for hydroxylation is 1. The quantitative estimate of drug-likeness (QED) is 0.806. The van der Waals surface area contributed by atoms with Gasteiger partial charge in [-0.15, -0.1) is 32.9 Å². The van der Waals surface area contributed by atoms with Crippen LogP contribution in [0.25, 0.3) is 15.8 Å². The Morgan fingerprint density at radius 1 is 1.29 bits per heavy atom. The van der Waals surface area contributed by atoms with Crippen molar-refractivity contribution in [2.24, 2.45) is 5.73 Å². The van der Waals surface area contributed by atoms with E-state index in [1.165, 1.54) is 4.88 Å². The molecule has 1 aliphatic rings. The van der Waals surface area contributed by atoms with Crippen LogP contribution in [-0.4, -0.2) is 25.8 Å². The van der Waals surface area contributed by atoms with Gasteiger partial charge in [0, 0.05) is 28.4 Å². The van der Waals surface area contributed by atoms with E-state index in [0.717, 1.165) is 34.5 Å². The van der Waals surface area contributed by atoms with Gasteiger partial charge < -0.3 is 5.73 Å². The smallest absolute Gasteiger partial charge is 0.198 e. The summed E-state index contributed by atoms with van der Waals surface area (Å²) in [6.07, 6.45) is 3.78. The predicted molar refractivity (Wildman–Crippen MR) is 85.0 cm³/mol. The molecule has 4 rings (SSSR count). The van der Waals surface area contributed by atoms with Gasteiger partial charge in [-0.1, -0.05) is 0 Å². The number of aromatic nitrogens is 4. The van der Waals surface area contributed by atoms with Gasteiger partial charge in [0.05, 0.1) is 0 Å². The lowest BCUT2D eigenvalue weighted by Gasteiger charge is -2.31. The Morgan fingerprint density at radius 2 is 2.14 bits per heavy atom. The van der Waals surface area contributed by atoms with E-state index in [2.05, 4.69) is 38.8 Å². The van der Waals surface area contributed by atoms with Crippen LogP contribution in [0.3, 0.4) is 0 Å². The zero-order valence-electron chi connectivity index (χ0n) is 11.6. The molecule has 3 heterocycles. The minimum atomic E-state index is 0.300. The zero-order chi connectivity index (χ0) is 14.4. The molecule has 0 amide bonds. The zero-order valence-corrected chi connectivity index (χ0v) is 13.2. The summed E-state index contributed by atoms with van der Waals surface area (Å²) in [6.45, 7) is 2.11. The van der Waals surface area contributed by atoms with Gasteiger partial charge in [-0.05, 0) is 31.9 Å². The summed E-state index contributed by atoms with van der Waals surface area (Å²) in [5.74, 6) is 2.26. The lowest BCUT2D eigenvalue weighted by molar-refractivity contribution is 0.335. The molecule has 0 aliphatic heterocycles. The molecule has 1 fully saturated rings. The second kappa shape index (κ2) is 5.01. The van der Waals surface area contributed by atoms with Crippen molar-refractivity contribution in [3.8, 4) is 15.8 Å². The maximum Gasteiger partial charge on any atom is 0.198 e. The number of hydrogen-bond acceptors (Lipinski definition) is 6. The summed E-state index contributed by atoms with van der Waals surface area (Å²) >= 11 is 3.34. The van der Waals surface area contributed by atoms with Crippen LogP contribution < -0.4 is 5.73 Å². The highest BCUT2D eigenvalue weighted by molar-refractivity contribution is 7.14. The van der Waals surface area contributed by atoms with Crippen molar-refractivity contribution in [3.63, 3.8) is 0 Å². The highest BCUT2D eigenvalue weighted by atomic mass is 32.1. The van der Waals surface area contributed by atoms with Gasteiger partial charge in [0.1, 0.15) is 10.8 Å². The molecule has 0 radical (unpaired) electrons. The number of rotatable bonds is 3. The van der Waals surface area contributed by atoms with Crippen LogP contribution in [0.1, 0.15) is 29.5 Å². The number of thiazole rings is 1. The molecule has 0 aromatic carbocycles. The third-order valence-corrected chi connectivity index (χ3v) is 5.55. The molecule has 0 bridgehead atoms. The first-order chi connectivity index (χ1) is 10.2. The molecule has 0 spiro atoms. The summed E-state index contributed by atoms with van der Waals surface area (Å²) in [6, 6.07) is 4.55. The highest BCUT2D eigenvalue weighted by Crippen LogP contribution is 2.38. The van der Waals surface area contributed by atoms with E-state index in [-0.39, 0.29) is 0 Å². The third kappa shape index (κ3) is 2.21. The number of hydrogen-bond donors (Lipinski definition) is 1. The Balaban J connectivity index is 1.85. The number of thiophene rings is 1. The lowest BCUT2D eigenvalue weighted by atomic mass is 9.80. The molecule has 0 atom stereocenters. The van der Waals surface area contributed by atoms with Crippen molar-refractivity contribution < 1.29 is 0 Å². The molecule has 1 saturated carbocycles. The molecule has 1 aliphatic carbocycles. The van der Waals surface area contributed by atoms with Crippen LogP contribution in [0.15, 0.2) is 23.7 Å². The molecule has 3 aromatic rings. The van der Waals surface area contributed by atoms with Crippen LogP contribution in [0, 0.1) is 6.92 Å². The topological polar surface area (TPSA) is 69.6 Å². The van der Waals surface area contributed by atoms with E-state index in [4.69, 9.17) is 5.73 Å². The fraction of sp³-hybridized carbons (Fsp3) is 0.357. The van der Waals surface area contributed by atoms with E-state index in [1.807, 2.05) is 5.38 Å². The lowest BCUT2D eigenvalue weighted by Crippen LogP contribution is -2.36. The Kier molecular flexibility index (Phi) is 3.13. The Hall–Kier alpha value is -1.57. The first-order valence-corrected chi connectivity index (χ1v) is 8.59. The Labute approximate surface area is 130 Å². The predicted octanol–water partition coefficient (Wildman–Crippen LogP) is 2.97. The van der Waals surface area contributed by atoms with Crippen molar-refractivity contribution in [2.45, 2.75) is 31.7 Å². The number of nitrogens with zero attached hydrogens (tertiary/aromatic N) is 4. The van der Waals surface area contributed by atoms with Gasteiger partial charge in [-0.3, -0.25) is 4.57 Å². The molecule has 5 nitrogen and oxygen atoms in total. The molecule has 21 heavy (non-hydrogen) atoms. The van der Waals surface area contributed by atoms with Gasteiger partial charge in [-0.25, -0.2) is 4.98 Å². The van der Waals surface area contributed by atoms with Crippen molar-refractivity contribution >= 4 is 22.7 Å².